The molecule has 504 valence electrons. The van der Waals surface area contributed by atoms with Gasteiger partial charge in [-0.25, -0.2) is 0 Å². The zero-order valence-corrected chi connectivity index (χ0v) is 57.6. The van der Waals surface area contributed by atoms with E-state index < -0.39 is 24.3 Å². The molecular weight excluding hydrogens is 1080 g/mol. The number of ether oxygens (including phenoxy) is 4. The van der Waals surface area contributed by atoms with Crippen molar-refractivity contribution in [2.24, 2.45) is 0 Å². The highest BCUT2D eigenvalue weighted by molar-refractivity contribution is 5.70. The first-order valence-electron chi connectivity index (χ1n) is 36.7. The first kappa shape index (κ1) is 83.5. The van der Waals surface area contributed by atoms with Gasteiger partial charge in [0.25, 0.3) is 0 Å². The second-order valence-corrected chi connectivity index (χ2v) is 25.9. The first-order chi connectivity index (χ1) is 42.6. The lowest BCUT2D eigenvalue weighted by atomic mass is 10.0. The average Bonchev–Trinajstić information content (AvgIpc) is 3.56. The monoisotopic (exact) mass is 1220 g/mol. The zero-order valence-electron chi connectivity index (χ0n) is 57.6. The van der Waals surface area contributed by atoms with Gasteiger partial charge in [-0.2, -0.15) is 0 Å². The summed E-state index contributed by atoms with van der Waals surface area (Å²) in [5, 5.41) is 11.8. The van der Waals surface area contributed by atoms with Gasteiger partial charge in [0.2, 0.25) is 0 Å². The van der Waals surface area contributed by atoms with Gasteiger partial charge in [-0.05, 0) is 89.9 Å². The molecule has 0 spiro atoms. The molecule has 0 aliphatic carbocycles. The SMILES string of the molecule is CC/C=C\C/C=C\C/C=C\C/C=C\C/C=C\C/C=C\CCCCCCCCCCCCCCCCCCC(=O)OC(COC(=O)CCCCCCCCCCCCCCCCC/C=C\CCCCCCCCCC)COC(OCC[N+](C)(C)C)C(=O)[O-]. The van der Waals surface area contributed by atoms with Crippen LogP contribution in [-0.2, 0) is 33.3 Å². The van der Waals surface area contributed by atoms with E-state index in [0.717, 1.165) is 70.6 Å². The van der Waals surface area contributed by atoms with Crippen molar-refractivity contribution in [1.29, 1.82) is 0 Å². The molecule has 0 heterocycles. The number of carbonyl (C=O) groups excluding carboxylic acids is 3. The first-order valence-corrected chi connectivity index (χ1v) is 36.7. The summed E-state index contributed by atoms with van der Waals surface area (Å²) in [5.41, 5.74) is 0. The van der Waals surface area contributed by atoms with Crippen LogP contribution in [0.25, 0.3) is 0 Å². The van der Waals surface area contributed by atoms with Crippen molar-refractivity contribution in [2.45, 2.75) is 347 Å². The molecular formula is C78H139NO8. The predicted octanol–water partition coefficient (Wildman–Crippen LogP) is 21.7. The van der Waals surface area contributed by atoms with E-state index in [-0.39, 0.29) is 32.2 Å². The number of rotatable bonds is 68. The Morgan fingerprint density at radius 2 is 0.655 bits per heavy atom. The van der Waals surface area contributed by atoms with Gasteiger partial charge in [0.1, 0.15) is 13.2 Å². The van der Waals surface area contributed by atoms with Gasteiger partial charge in [0.05, 0.1) is 40.3 Å². The molecule has 0 bridgehead atoms. The minimum atomic E-state index is -1.62. The molecule has 2 unspecified atom stereocenters. The van der Waals surface area contributed by atoms with E-state index in [2.05, 4.69) is 98.9 Å². The van der Waals surface area contributed by atoms with Crippen molar-refractivity contribution < 1.29 is 42.9 Å². The van der Waals surface area contributed by atoms with Crippen molar-refractivity contribution >= 4 is 17.9 Å². The van der Waals surface area contributed by atoms with Crippen LogP contribution >= 0.6 is 0 Å². The molecule has 0 saturated heterocycles. The van der Waals surface area contributed by atoms with Crippen LogP contribution < -0.4 is 5.11 Å². The molecule has 0 saturated carbocycles. The number of esters is 2. The van der Waals surface area contributed by atoms with E-state index in [0.29, 0.717) is 23.9 Å². The lowest BCUT2D eigenvalue weighted by Crippen LogP contribution is -2.44. The molecule has 0 aromatic rings. The fourth-order valence-corrected chi connectivity index (χ4v) is 10.5. The van der Waals surface area contributed by atoms with Crippen LogP contribution in [0.15, 0.2) is 85.1 Å². The number of carboxylic acid groups (broad SMARTS) is 1. The fourth-order valence-electron chi connectivity index (χ4n) is 10.5. The summed E-state index contributed by atoms with van der Waals surface area (Å²) < 4.78 is 22.8. The Morgan fingerprint density at radius 3 is 0.989 bits per heavy atom. The fraction of sp³-hybridized carbons (Fsp3) is 0.782. The van der Waals surface area contributed by atoms with Gasteiger partial charge in [-0.1, -0.05) is 317 Å². The Labute approximate surface area is 538 Å². The highest BCUT2D eigenvalue weighted by atomic mass is 16.7. The lowest BCUT2D eigenvalue weighted by molar-refractivity contribution is -0.870. The third-order valence-corrected chi connectivity index (χ3v) is 16.1. The van der Waals surface area contributed by atoms with E-state index in [1.165, 1.54) is 231 Å². The second kappa shape index (κ2) is 68.4. The normalized spacial score (nSPS) is 13.2. The number of likely N-dealkylation sites (N-methyl/N-ethyl adjacent to an activating group) is 1. The molecule has 0 aliphatic rings. The van der Waals surface area contributed by atoms with Crippen LogP contribution in [0.1, 0.15) is 335 Å². The molecule has 0 amide bonds. The molecule has 9 heteroatoms. The van der Waals surface area contributed by atoms with Crippen LogP contribution in [0, 0.1) is 0 Å². The Hall–Kier alpha value is -3.53. The number of carboxylic acids is 1. The average molecular weight is 1220 g/mol. The molecule has 0 aromatic carbocycles. The van der Waals surface area contributed by atoms with Crippen LogP contribution in [0.3, 0.4) is 0 Å². The van der Waals surface area contributed by atoms with E-state index in [9.17, 15) is 19.5 Å². The van der Waals surface area contributed by atoms with Crippen LogP contribution in [0.2, 0.25) is 0 Å². The molecule has 0 fully saturated rings. The lowest BCUT2D eigenvalue weighted by Gasteiger charge is -2.26. The largest absolute Gasteiger partial charge is 0.545 e. The third kappa shape index (κ3) is 69.8. The van der Waals surface area contributed by atoms with E-state index in [4.69, 9.17) is 18.9 Å². The summed E-state index contributed by atoms with van der Waals surface area (Å²) >= 11 is 0. The van der Waals surface area contributed by atoms with Gasteiger partial charge in [0, 0.05) is 12.8 Å². The molecule has 0 rings (SSSR count). The topological polar surface area (TPSA) is 111 Å². The zero-order chi connectivity index (χ0) is 63.3. The molecule has 0 N–H and O–H groups in total. The summed E-state index contributed by atoms with van der Waals surface area (Å²) in [5.74, 6) is -2.27. The highest BCUT2D eigenvalue weighted by Gasteiger charge is 2.22. The van der Waals surface area contributed by atoms with E-state index in [1.54, 1.807) is 0 Å². The number of aliphatic carboxylic acids is 1. The number of allylic oxidation sites excluding steroid dienone is 14. The number of hydrogen-bond donors (Lipinski definition) is 0. The molecule has 87 heavy (non-hydrogen) atoms. The third-order valence-electron chi connectivity index (χ3n) is 16.1. The second-order valence-electron chi connectivity index (χ2n) is 25.9. The molecule has 9 nitrogen and oxygen atoms in total. The maximum Gasteiger partial charge on any atom is 0.306 e. The van der Waals surface area contributed by atoms with Crippen molar-refractivity contribution in [1.82, 2.24) is 0 Å². The van der Waals surface area contributed by atoms with Gasteiger partial charge >= 0.3 is 11.9 Å². The molecule has 0 aliphatic heterocycles. The summed E-state index contributed by atoms with van der Waals surface area (Å²) in [6.07, 6.45) is 89.6. The molecule has 2 atom stereocenters. The predicted molar refractivity (Wildman–Crippen MR) is 371 cm³/mol. The van der Waals surface area contributed by atoms with Crippen LogP contribution in [0.4, 0.5) is 0 Å². The highest BCUT2D eigenvalue weighted by Crippen LogP contribution is 2.18. The van der Waals surface area contributed by atoms with Crippen molar-refractivity contribution in [3.05, 3.63) is 85.1 Å². The van der Waals surface area contributed by atoms with E-state index in [1.807, 2.05) is 21.1 Å². The Kier molecular flexibility index (Phi) is 65.6. The summed E-state index contributed by atoms with van der Waals surface area (Å²) in [4.78, 5) is 37.5. The maximum absolute atomic E-state index is 13.0. The molecule has 0 radical (unpaired) electrons. The number of nitrogens with zero attached hydrogens (tertiary/aromatic N) is 1. The standard InChI is InChI=1S/C78H139NO8/c1-6-8-10-12-14-16-18-20-22-24-26-28-30-32-34-35-36-37-38-39-40-41-43-45-47-49-51-53-55-57-59-61-63-65-67-69-76(81)87-74(73-86-78(77(82)83)84-71-70-79(3,4)5)72-85-75(80)68-66-64-62-60-58-56-54-52-50-48-46-44-42-33-31-29-27-25-23-21-19-17-15-13-11-9-7-2/h8,10,14,16,20,22,25-28,32,34,36-37,74,78H,6-7,9,11-13,15,17-19,21,23-24,29-31,33,35,38-73H2,1-5H3/b10-8-,16-14-,22-20-,27-25-,28-26-,34-32-,37-36-. The molecule has 0 aromatic heterocycles. The van der Waals surface area contributed by atoms with Crippen molar-refractivity contribution in [3.8, 4) is 0 Å². The summed E-state index contributed by atoms with van der Waals surface area (Å²) in [6, 6.07) is 0. The van der Waals surface area contributed by atoms with Crippen LogP contribution in [0.5, 0.6) is 0 Å². The van der Waals surface area contributed by atoms with Crippen molar-refractivity contribution in [2.75, 3.05) is 47.5 Å². The van der Waals surface area contributed by atoms with Gasteiger partial charge < -0.3 is 33.3 Å². The number of hydrogen-bond acceptors (Lipinski definition) is 8. The summed E-state index contributed by atoms with van der Waals surface area (Å²) in [6.45, 7) is 4.68. The Bertz CT molecular complexity index is 1700. The van der Waals surface area contributed by atoms with Gasteiger partial charge in [0.15, 0.2) is 12.4 Å². The van der Waals surface area contributed by atoms with Gasteiger partial charge in [-0.3, -0.25) is 9.59 Å². The Morgan fingerprint density at radius 1 is 0.356 bits per heavy atom. The number of unbranched alkanes of at least 4 members (excludes halogenated alkanes) is 39. The summed E-state index contributed by atoms with van der Waals surface area (Å²) in [7, 11) is 5.94. The van der Waals surface area contributed by atoms with Crippen molar-refractivity contribution in [3.63, 3.8) is 0 Å². The quantitative estimate of drug-likeness (QED) is 0.0195. The minimum absolute atomic E-state index is 0.147. The minimum Gasteiger partial charge on any atom is -0.545 e. The number of quaternary nitrogens is 1. The van der Waals surface area contributed by atoms with E-state index >= 15 is 0 Å². The maximum atomic E-state index is 13.0. The van der Waals surface area contributed by atoms with Gasteiger partial charge in [-0.15, -0.1) is 0 Å². The Balaban J connectivity index is 4.07. The number of carbonyl (C=O) groups is 3. The van der Waals surface area contributed by atoms with Crippen LogP contribution in [-0.4, -0.2) is 82.3 Å². The smallest absolute Gasteiger partial charge is 0.306 e.